The lowest BCUT2D eigenvalue weighted by atomic mass is 9.69. The first-order valence-corrected chi connectivity index (χ1v) is 23.2. The molecule has 0 amide bonds. The van der Waals surface area contributed by atoms with Gasteiger partial charge in [0.2, 0.25) is 0 Å². The third-order valence-electron chi connectivity index (χ3n) is 10.3. The van der Waals surface area contributed by atoms with E-state index in [1.165, 1.54) is 6.42 Å². The predicted molar refractivity (Wildman–Crippen MR) is 179 cm³/mol. The van der Waals surface area contributed by atoms with Crippen molar-refractivity contribution >= 4 is 22.6 Å². The highest BCUT2D eigenvalue weighted by atomic mass is 28.4. The van der Waals surface area contributed by atoms with E-state index < -0.39 is 28.4 Å². The van der Waals surface area contributed by atoms with Crippen molar-refractivity contribution in [3.63, 3.8) is 0 Å². The van der Waals surface area contributed by atoms with Gasteiger partial charge in [0.05, 0.1) is 30.8 Å². The van der Waals surface area contributed by atoms with E-state index in [0.717, 1.165) is 51.6 Å². The molecule has 0 aromatic carbocycles. The maximum atomic E-state index is 11.8. The molecule has 2 fully saturated rings. The van der Waals surface area contributed by atoms with Gasteiger partial charge in [-0.1, -0.05) is 68.7 Å². The summed E-state index contributed by atoms with van der Waals surface area (Å²) in [5, 5.41) is 9.76. The van der Waals surface area contributed by atoms with Gasteiger partial charge in [-0.05, 0) is 87.1 Å². The number of rotatable bonds is 13. The number of hydrogen-bond donors (Lipinski definition) is 1. The Morgan fingerprint density at radius 1 is 1.02 bits per heavy atom. The maximum Gasteiger partial charge on any atom is 0.305 e. The summed E-state index contributed by atoms with van der Waals surface area (Å²) in [6, 6.07) is 0. The monoisotopic (exact) mass is 628 g/mol. The average Bonchev–Trinajstić information content (AvgIpc) is 2.75. The van der Waals surface area contributed by atoms with Crippen molar-refractivity contribution in [1.82, 2.24) is 0 Å². The van der Waals surface area contributed by atoms with Crippen molar-refractivity contribution in [3.8, 4) is 0 Å². The first-order chi connectivity index (χ1) is 18.9. The summed E-state index contributed by atoms with van der Waals surface area (Å²) in [7, 11) is -4.06. The molecule has 2 aliphatic rings. The van der Waals surface area contributed by atoms with Gasteiger partial charge in [-0.25, -0.2) is 0 Å². The normalized spacial score (nSPS) is 28.6. The van der Waals surface area contributed by atoms with Crippen LogP contribution in [0.4, 0.5) is 0 Å². The standard InChI is InChI=1S/C34H68O6Si2/c1-25(2)29-18-17-26(3)23-34(29)37-21-19-28(38-34)24-33(31(4,5)6,40-41(10,11)12)20-15-16-27(22-30(35)36)39-42(13,14)32(7,8)9/h25-29H,15-24H2,1-14H3,(H,35,36)/t26-,27-,28+,29+,33?,34+/m1/s1. The second-order valence-electron chi connectivity index (χ2n) is 17.6. The maximum absolute atomic E-state index is 11.8. The van der Waals surface area contributed by atoms with Crippen molar-refractivity contribution in [1.29, 1.82) is 0 Å². The Bertz CT molecular complexity index is 871. The second kappa shape index (κ2) is 14.0. The van der Waals surface area contributed by atoms with Gasteiger partial charge in [0.15, 0.2) is 22.4 Å². The van der Waals surface area contributed by atoms with Crippen LogP contribution in [0.2, 0.25) is 37.8 Å². The molecule has 1 heterocycles. The molecular formula is C34H68O6Si2. The molecule has 2 rings (SSSR count). The fraction of sp³-hybridized carbons (Fsp3) is 0.971. The van der Waals surface area contributed by atoms with Gasteiger partial charge in [0, 0.05) is 18.8 Å². The van der Waals surface area contributed by atoms with Crippen LogP contribution in [0.5, 0.6) is 0 Å². The molecule has 1 aliphatic carbocycles. The van der Waals surface area contributed by atoms with Crippen LogP contribution in [-0.4, -0.2) is 57.9 Å². The SMILES string of the molecule is CC(C)[C@@H]1CC[C@@H](C)C[C@@]12OCC[C@@H](CC(CCC[C@H](CC(=O)O)O[Si](C)(C)C(C)(C)C)(O[Si](C)(C)C)C(C)(C)C)O2. The summed E-state index contributed by atoms with van der Waals surface area (Å²) in [6.45, 7) is 32.5. The molecule has 1 N–H and O–H groups in total. The Balaban J connectivity index is 2.35. The van der Waals surface area contributed by atoms with E-state index in [1.54, 1.807) is 0 Å². The topological polar surface area (TPSA) is 74.2 Å². The molecule has 0 aromatic heterocycles. The summed E-state index contributed by atoms with van der Waals surface area (Å²) in [4.78, 5) is 11.8. The lowest BCUT2D eigenvalue weighted by Crippen LogP contribution is -2.58. The molecule has 1 unspecified atom stereocenters. The van der Waals surface area contributed by atoms with E-state index in [0.29, 0.717) is 17.8 Å². The third-order valence-corrected chi connectivity index (χ3v) is 15.9. The molecule has 0 radical (unpaired) electrons. The van der Waals surface area contributed by atoms with Crippen molar-refractivity contribution in [2.75, 3.05) is 6.61 Å². The second-order valence-corrected chi connectivity index (χ2v) is 26.8. The molecule has 1 saturated carbocycles. The van der Waals surface area contributed by atoms with Gasteiger partial charge >= 0.3 is 5.97 Å². The molecule has 6 nitrogen and oxygen atoms in total. The van der Waals surface area contributed by atoms with E-state index in [1.807, 2.05) is 0 Å². The zero-order valence-corrected chi connectivity index (χ0v) is 31.9. The van der Waals surface area contributed by atoms with Crippen molar-refractivity contribution in [2.45, 2.75) is 181 Å². The van der Waals surface area contributed by atoms with Crippen LogP contribution < -0.4 is 0 Å². The van der Waals surface area contributed by atoms with Crippen LogP contribution in [0, 0.1) is 23.2 Å². The van der Waals surface area contributed by atoms with Crippen molar-refractivity contribution < 1.29 is 28.2 Å². The first kappa shape index (κ1) is 37.9. The number of aliphatic carboxylic acids is 1. The van der Waals surface area contributed by atoms with Crippen LogP contribution in [-0.2, 0) is 23.1 Å². The largest absolute Gasteiger partial charge is 0.481 e. The first-order valence-electron chi connectivity index (χ1n) is 16.8. The predicted octanol–water partition coefficient (Wildman–Crippen LogP) is 9.64. The van der Waals surface area contributed by atoms with Gasteiger partial charge in [0.25, 0.3) is 0 Å². The smallest absolute Gasteiger partial charge is 0.305 e. The number of hydrogen-bond acceptors (Lipinski definition) is 5. The Morgan fingerprint density at radius 2 is 1.64 bits per heavy atom. The highest BCUT2D eigenvalue weighted by Crippen LogP contribution is 2.50. The Morgan fingerprint density at radius 3 is 2.14 bits per heavy atom. The highest BCUT2D eigenvalue weighted by Gasteiger charge is 2.53. The minimum Gasteiger partial charge on any atom is -0.481 e. The molecule has 0 aromatic rings. The number of carboxylic acids is 1. The van der Waals surface area contributed by atoms with Crippen LogP contribution in [0.1, 0.15) is 120 Å². The molecular weight excluding hydrogens is 561 g/mol. The van der Waals surface area contributed by atoms with Crippen LogP contribution >= 0.6 is 0 Å². The van der Waals surface area contributed by atoms with E-state index in [4.69, 9.17) is 18.3 Å². The van der Waals surface area contributed by atoms with Gasteiger partial charge in [-0.3, -0.25) is 4.79 Å². The number of ether oxygens (including phenoxy) is 2. The Labute approximate surface area is 261 Å². The van der Waals surface area contributed by atoms with Gasteiger partial charge in [-0.15, -0.1) is 0 Å². The van der Waals surface area contributed by atoms with E-state index >= 15 is 0 Å². The summed E-state index contributed by atoms with van der Waals surface area (Å²) in [6.07, 6.45) is 7.32. The molecule has 248 valence electrons. The van der Waals surface area contributed by atoms with E-state index in [9.17, 15) is 9.90 Å². The van der Waals surface area contributed by atoms with Gasteiger partial charge in [-0.2, -0.15) is 0 Å². The van der Waals surface area contributed by atoms with Crippen molar-refractivity contribution in [3.05, 3.63) is 0 Å². The van der Waals surface area contributed by atoms with E-state index in [2.05, 4.69) is 95.0 Å². The van der Waals surface area contributed by atoms with Crippen LogP contribution in [0.15, 0.2) is 0 Å². The molecule has 42 heavy (non-hydrogen) atoms. The molecule has 1 spiro atoms. The lowest BCUT2D eigenvalue weighted by Gasteiger charge is -2.54. The third kappa shape index (κ3) is 10.1. The molecule has 1 aliphatic heterocycles. The van der Waals surface area contributed by atoms with Gasteiger partial charge < -0.3 is 23.4 Å². The van der Waals surface area contributed by atoms with Gasteiger partial charge in [0.1, 0.15) is 0 Å². The van der Waals surface area contributed by atoms with Crippen LogP contribution in [0.3, 0.4) is 0 Å². The Kier molecular flexibility index (Phi) is 12.7. The molecule has 6 atom stereocenters. The minimum atomic E-state index is -2.11. The lowest BCUT2D eigenvalue weighted by molar-refractivity contribution is -0.344. The zero-order chi connectivity index (χ0) is 32.4. The quantitative estimate of drug-likeness (QED) is 0.205. The number of carboxylic acid groups (broad SMARTS) is 1. The fourth-order valence-electron chi connectivity index (χ4n) is 7.04. The minimum absolute atomic E-state index is 0.0285. The summed E-state index contributed by atoms with van der Waals surface area (Å²) < 4.78 is 27.6. The van der Waals surface area contributed by atoms with Crippen molar-refractivity contribution in [2.24, 2.45) is 23.2 Å². The summed E-state index contributed by atoms with van der Waals surface area (Å²) in [5.41, 5.74) is -0.513. The number of carbonyl (C=O) groups is 1. The zero-order valence-electron chi connectivity index (χ0n) is 29.9. The Hall–Kier alpha value is -0.256. The average molecular weight is 629 g/mol. The molecule has 1 saturated heterocycles. The summed E-state index contributed by atoms with van der Waals surface area (Å²) >= 11 is 0. The fourth-order valence-corrected chi connectivity index (χ4v) is 10.1. The molecule has 0 bridgehead atoms. The van der Waals surface area contributed by atoms with Crippen LogP contribution in [0.25, 0.3) is 0 Å². The summed E-state index contributed by atoms with van der Waals surface area (Å²) in [5.74, 6) is 0.218. The van der Waals surface area contributed by atoms with E-state index in [-0.39, 0.29) is 34.7 Å². The highest BCUT2D eigenvalue weighted by molar-refractivity contribution is 6.74. The molecule has 8 heteroatoms.